The fraction of sp³-hybridized carbons (Fsp3) is 0.278. The molecule has 2 aromatic rings. The van der Waals surface area contributed by atoms with Gasteiger partial charge in [-0.15, -0.1) is 24.2 Å². The zero-order valence-corrected chi connectivity index (χ0v) is 15.1. The van der Waals surface area contributed by atoms with Gasteiger partial charge >= 0.3 is 0 Å². The van der Waals surface area contributed by atoms with Gasteiger partial charge in [0.1, 0.15) is 5.82 Å². The molecule has 0 saturated carbocycles. The van der Waals surface area contributed by atoms with Crippen molar-refractivity contribution in [3.8, 4) is 0 Å². The number of rotatable bonds is 7. The number of carbonyl (C=O) groups excluding carboxylic acids is 1. The molecule has 24 heavy (non-hydrogen) atoms. The first-order chi connectivity index (χ1) is 11.1. The maximum Gasteiger partial charge on any atom is 0.223 e. The Morgan fingerprint density at radius 2 is 1.79 bits per heavy atom. The third kappa shape index (κ3) is 6.51. The van der Waals surface area contributed by atoms with Crippen LogP contribution >= 0.6 is 24.2 Å². The summed E-state index contributed by atoms with van der Waals surface area (Å²) < 4.78 is 12.8. The van der Waals surface area contributed by atoms with Crippen LogP contribution in [0.4, 0.5) is 4.39 Å². The monoisotopic (exact) mass is 368 g/mol. The van der Waals surface area contributed by atoms with Gasteiger partial charge < -0.3 is 11.1 Å². The smallest absolute Gasteiger partial charge is 0.223 e. The molecule has 0 spiro atoms. The highest BCUT2D eigenvalue weighted by Gasteiger charge is 2.14. The summed E-state index contributed by atoms with van der Waals surface area (Å²) in [6.45, 7) is 2.29. The Kier molecular flexibility index (Phi) is 8.82. The Morgan fingerprint density at radius 1 is 1.17 bits per heavy atom. The van der Waals surface area contributed by atoms with Crippen molar-refractivity contribution < 1.29 is 9.18 Å². The zero-order valence-electron chi connectivity index (χ0n) is 13.4. The van der Waals surface area contributed by atoms with E-state index in [0.29, 0.717) is 12.3 Å². The summed E-state index contributed by atoms with van der Waals surface area (Å²) in [5, 5.41) is 2.89. The third-order valence-electron chi connectivity index (χ3n) is 3.49. The molecule has 0 aromatic heterocycles. The van der Waals surface area contributed by atoms with Gasteiger partial charge in [0.25, 0.3) is 0 Å². The Labute approximate surface area is 152 Å². The van der Waals surface area contributed by atoms with Crippen molar-refractivity contribution in [1.82, 2.24) is 5.32 Å². The summed E-state index contributed by atoms with van der Waals surface area (Å²) in [6, 6.07) is 15.8. The first-order valence-corrected chi connectivity index (χ1v) is 8.51. The van der Waals surface area contributed by atoms with Crippen LogP contribution in [0.5, 0.6) is 0 Å². The van der Waals surface area contributed by atoms with Crippen LogP contribution in [0.1, 0.15) is 18.5 Å². The molecule has 2 atom stereocenters. The number of nitrogens with two attached hydrogens (primary N) is 1. The van der Waals surface area contributed by atoms with E-state index in [4.69, 9.17) is 5.73 Å². The summed E-state index contributed by atoms with van der Waals surface area (Å²) >= 11 is 1.54. The average molecular weight is 369 g/mol. The Hall–Kier alpha value is -1.56. The molecule has 0 bridgehead atoms. The first kappa shape index (κ1) is 20.5. The third-order valence-corrected chi connectivity index (χ3v) is 4.76. The Bertz CT molecular complexity index is 625. The summed E-state index contributed by atoms with van der Waals surface area (Å²) in [5.74, 6) is 0.215. The molecule has 0 aliphatic carbocycles. The molecule has 0 radical (unpaired) electrons. The average Bonchev–Trinajstić information content (AvgIpc) is 2.59. The molecule has 0 aliphatic heterocycles. The molecule has 2 aromatic carbocycles. The van der Waals surface area contributed by atoms with Gasteiger partial charge in [0.15, 0.2) is 0 Å². The molecular formula is C18H22ClFN2OS. The van der Waals surface area contributed by atoms with Crippen molar-refractivity contribution in [2.75, 3.05) is 12.3 Å². The van der Waals surface area contributed by atoms with E-state index in [9.17, 15) is 9.18 Å². The number of benzene rings is 2. The Balaban J connectivity index is 0.00000288. The second kappa shape index (κ2) is 10.3. The number of hydrogen-bond donors (Lipinski definition) is 2. The highest BCUT2D eigenvalue weighted by molar-refractivity contribution is 7.99. The summed E-state index contributed by atoms with van der Waals surface area (Å²) in [4.78, 5) is 13.1. The molecule has 2 rings (SSSR count). The van der Waals surface area contributed by atoms with Crippen LogP contribution in [-0.2, 0) is 4.79 Å². The lowest BCUT2D eigenvalue weighted by Gasteiger charge is -2.16. The minimum absolute atomic E-state index is 0. The SMILES string of the molecule is CC(CSc1ccc(F)cc1)C(=O)NCC(N)c1ccccc1.Cl. The van der Waals surface area contributed by atoms with Gasteiger partial charge in [-0.05, 0) is 29.8 Å². The number of carbonyl (C=O) groups is 1. The zero-order chi connectivity index (χ0) is 16.7. The number of amides is 1. The molecular weight excluding hydrogens is 347 g/mol. The van der Waals surface area contributed by atoms with E-state index in [1.54, 1.807) is 12.1 Å². The number of hydrogen-bond acceptors (Lipinski definition) is 3. The van der Waals surface area contributed by atoms with Crippen LogP contribution in [0.25, 0.3) is 0 Å². The second-order valence-corrected chi connectivity index (χ2v) is 6.52. The normalized spacial score (nSPS) is 12.8. The second-order valence-electron chi connectivity index (χ2n) is 5.43. The summed E-state index contributed by atoms with van der Waals surface area (Å²) in [6.07, 6.45) is 0. The predicted octanol–water partition coefficient (Wildman–Crippen LogP) is 3.79. The fourth-order valence-corrected chi connectivity index (χ4v) is 2.95. The van der Waals surface area contributed by atoms with E-state index in [1.807, 2.05) is 37.3 Å². The standard InChI is InChI=1S/C18H21FN2OS.ClH/c1-13(12-23-16-9-7-15(19)8-10-16)18(22)21-11-17(20)14-5-3-2-4-6-14;/h2-10,13,17H,11-12,20H2,1H3,(H,21,22);1H. The highest BCUT2D eigenvalue weighted by Crippen LogP contribution is 2.21. The molecule has 6 heteroatoms. The van der Waals surface area contributed by atoms with Crippen LogP contribution < -0.4 is 11.1 Å². The van der Waals surface area contributed by atoms with Crippen molar-refractivity contribution in [1.29, 1.82) is 0 Å². The maximum absolute atomic E-state index is 12.8. The lowest BCUT2D eigenvalue weighted by atomic mass is 10.1. The minimum atomic E-state index is -0.255. The van der Waals surface area contributed by atoms with Crippen LogP contribution in [-0.4, -0.2) is 18.2 Å². The minimum Gasteiger partial charge on any atom is -0.354 e. The molecule has 1 amide bonds. The number of nitrogens with one attached hydrogen (secondary N) is 1. The van der Waals surface area contributed by atoms with E-state index >= 15 is 0 Å². The molecule has 3 N–H and O–H groups in total. The van der Waals surface area contributed by atoms with Gasteiger partial charge in [0.2, 0.25) is 5.91 Å². The molecule has 3 nitrogen and oxygen atoms in total. The first-order valence-electron chi connectivity index (χ1n) is 7.53. The number of halogens is 2. The lowest BCUT2D eigenvalue weighted by molar-refractivity contribution is -0.123. The molecule has 0 fully saturated rings. The van der Waals surface area contributed by atoms with Gasteiger partial charge in [0, 0.05) is 29.2 Å². The van der Waals surface area contributed by atoms with Gasteiger partial charge in [-0.2, -0.15) is 0 Å². The van der Waals surface area contributed by atoms with Gasteiger partial charge in [-0.25, -0.2) is 4.39 Å². The summed E-state index contributed by atoms with van der Waals surface area (Å²) in [5.41, 5.74) is 7.07. The van der Waals surface area contributed by atoms with Crippen molar-refractivity contribution >= 4 is 30.1 Å². The van der Waals surface area contributed by atoms with Crippen LogP contribution in [0, 0.1) is 11.7 Å². The van der Waals surface area contributed by atoms with E-state index in [-0.39, 0.29) is 36.1 Å². The van der Waals surface area contributed by atoms with Gasteiger partial charge in [0.05, 0.1) is 0 Å². The quantitative estimate of drug-likeness (QED) is 0.731. The molecule has 0 saturated heterocycles. The van der Waals surface area contributed by atoms with E-state index in [1.165, 1.54) is 23.9 Å². The van der Waals surface area contributed by atoms with E-state index in [0.717, 1.165) is 10.5 Å². The van der Waals surface area contributed by atoms with Crippen molar-refractivity contribution in [3.63, 3.8) is 0 Å². The number of thioether (sulfide) groups is 1. The van der Waals surface area contributed by atoms with Crippen LogP contribution in [0.15, 0.2) is 59.5 Å². The topological polar surface area (TPSA) is 55.1 Å². The van der Waals surface area contributed by atoms with Gasteiger partial charge in [-0.3, -0.25) is 4.79 Å². The molecule has 130 valence electrons. The molecule has 0 heterocycles. The largest absolute Gasteiger partial charge is 0.354 e. The van der Waals surface area contributed by atoms with Crippen LogP contribution in [0.3, 0.4) is 0 Å². The predicted molar refractivity (Wildman–Crippen MR) is 99.9 cm³/mol. The van der Waals surface area contributed by atoms with Gasteiger partial charge in [-0.1, -0.05) is 37.3 Å². The van der Waals surface area contributed by atoms with Crippen LogP contribution in [0.2, 0.25) is 0 Å². The fourth-order valence-electron chi connectivity index (χ4n) is 2.03. The molecule has 2 unspecified atom stereocenters. The summed E-state index contributed by atoms with van der Waals surface area (Å²) in [7, 11) is 0. The van der Waals surface area contributed by atoms with E-state index in [2.05, 4.69) is 5.32 Å². The van der Waals surface area contributed by atoms with Crippen molar-refractivity contribution in [2.45, 2.75) is 17.9 Å². The van der Waals surface area contributed by atoms with Crippen molar-refractivity contribution in [3.05, 3.63) is 66.0 Å². The van der Waals surface area contributed by atoms with E-state index < -0.39 is 0 Å². The maximum atomic E-state index is 12.8. The lowest BCUT2D eigenvalue weighted by Crippen LogP contribution is -2.35. The molecule has 0 aliphatic rings. The Morgan fingerprint density at radius 3 is 2.42 bits per heavy atom. The van der Waals surface area contributed by atoms with Crippen molar-refractivity contribution in [2.24, 2.45) is 11.7 Å². The highest BCUT2D eigenvalue weighted by atomic mass is 35.5.